The van der Waals surface area contributed by atoms with Crippen molar-refractivity contribution in [3.8, 4) is 5.75 Å². The smallest absolute Gasteiger partial charge is 0.151 e. The van der Waals surface area contributed by atoms with Gasteiger partial charge in [0.05, 0.1) is 6.61 Å². The van der Waals surface area contributed by atoms with Crippen LogP contribution in [-0.4, -0.2) is 33.4 Å². The zero-order chi connectivity index (χ0) is 13.3. The molecule has 0 aliphatic carbocycles. The number of para-hydroxylation sites is 1. The van der Waals surface area contributed by atoms with Crippen molar-refractivity contribution in [3.05, 3.63) is 36.2 Å². The first kappa shape index (κ1) is 13.5. The Morgan fingerprint density at radius 2 is 2.00 bits per heavy atom. The van der Waals surface area contributed by atoms with Crippen LogP contribution in [-0.2, 0) is 13.0 Å². The number of aryl methyl sites for hydroxylation is 2. The molecular weight excluding hydrogens is 242 g/mol. The third-order valence-corrected chi connectivity index (χ3v) is 2.74. The van der Waals surface area contributed by atoms with Crippen molar-refractivity contribution in [1.82, 2.24) is 20.2 Å². The highest BCUT2D eigenvalue weighted by Crippen LogP contribution is 2.09. The van der Waals surface area contributed by atoms with Crippen molar-refractivity contribution in [2.24, 2.45) is 5.73 Å². The van der Waals surface area contributed by atoms with Crippen LogP contribution in [0.5, 0.6) is 5.75 Å². The molecule has 1 aromatic heterocycles. The van der Waals surface area contributed by atoms with Crippen molar-refractivity contribution in [1.29, 1.82) is 0 Å². The molecule has 2 N–H and O–H groups in total. The first-order valence-electron chi connectivity index (χ1n) is 6.53. The first-order chi connectivity index (χ1) is 9.40. The molecule has 2 rings (SSSR count). The molecule has 0 bridgehead atoms. The van der Waals surface area contributed by atoms with Gasteiger partial charge in [-0.25, -0.2) is 4.68 Å². The highest BCUT2D eigenvalue weighted by Gasteiger charge is 2.05. The minimum atomic E-state index is 0.649. The van der Waals surface area contributed by atoms with E-state index in [1.807, 2.05) is 35.0 Å². The van der Waals surface area contributed by atoms with Crippen LogP contribution >= 0.6 is 0 Å². The van der Waals surface area contributed by atoms with E-state index in [0.717, 1.165) is 37.4 Å². The number of rotatable bonds is 8. The quantitative estimate of drug-likeness (QED) is 0.718. The van der Waals surface area contributed by atoms with Gasteiger partial charge in [0.2, 0.25) is 0 Å². The lowest BCUT2D eigenvalue weighted by molar-refractivity contribution is 0.308. The first-order valence-corrected chi connectivity index (χ1v) is 6.53. The Morgan fingerprint density at radius 1 is 1.16 bits per heavy atom. The summed E-state index contributed by atoms with van der Waals surface area (Å²) in [6.07, 6.45) is 2.58. The Hall–Kier alpha value is -1.95. The van der Waals surface area contributed by atoms with Gasteiger partial charge >= 0.3 is 0 Å². The van der Waals surface area contributed by atoms with E-state index >= 15 is 0 Å². The molecule has 0 aliphatic rings. The fourth-order valence-corrected chi connectivity index (χ4v) is 1.75. The predicted molar refractivity (Wildman–Crippen MR) is 71.7 cm³/mol. The van der Waals surface area contributed by atoms with Crippen molar-refractivity contribution < 1.29 is 4.74 Å². The van der Waals surface area contributed by atoms with Gasteiger partial charge in [-0.2, -0.15) is 0 Å². The van der Waals surface area contributed by atoms with Crippen molar-refractivity contribution >= 4 is 0 Å². The number of nitrogens with zero attached hydrogens (tertiary/aromatic N) is 4. The summed E-state index contributed by atoms with van der Waals surface area (Å²) < 4.78 is 7.44. The van der Waals surface area contributed by atoms with Crippen LogP contribution in [0, 0.1) is 0 Å². The molecule has 1 aromatic carbocycles. The molecule has 0 amide bonds. The number of aromatic nitrogens is 4. The third-order valence-electron chi connectivity index (χ3n) is 2.74. The van der Waals surface area contributed by atoms with Gasteiger partial charge in [0.15, 0.2) is 5.82 Å². The van der Waals surface area contributed by atoms with Gasteiger partial charge in [-0.3, -0.25) is 0 Å². The van der Waals surface area contributed by atoms with Crippen LogP contribution in [0.15, 0.2) is 30.3 Å². The highest BCUT2D eigenvalue weighted by atomic mass is 16.5. The van der Waals surface area contributed by atoms with Gasteiger partial charge in [0, 0.05) is 13.0 Å². The molecule has 0 radical (unpaired) electrons. The van der Waals surface area contributed by atoms with E-state index in [1.165, 1.54) is 0 Å². The molecule has 19 heavy (non-hydrogen) atoms. The maximum absolute atomic E-state index is 5.63. The summed E-state index contributed by atoms with van der Waals surface area (Å²) >= 11 is 0. The molecule has 102 valence electrons. The number of hydrogen-bond donors (Lipinski definition) is 1. The van der Waals surface area contributed by atoms with Crippen molar-refractivity contribution in [2.75, 3.05) is 13.2 Å². The highest BCUT2D eigenvalue weighted by molar-refractivity contribution is 5.20. The lowest BCUT2D eigenvalue weighted by Gasteiger charge is -2.06. The van der Waals surface area contributed by atoms with Gasteiger partial charge < -0.3 is 10.5 Å². The summed E-state index contributed by atoms with van der Waals surface area (Å²) in [6, 6.07) is 9.79. The molecule has 0 unspecified atom stereocenters. The average molecular weight is 261 g/mol. The van der Waals surface area contributed by atoms with Crippen LogP contribution in [0.3, 0.4) is 0 Å². The van der Waals surface area contributed by atoms with Crippen LogP contribution in [0.2, 0.25) is 0 Å². The zero-order valence-corrected chi connectivity index (χ0v) is 10.9. The lowest BCUT2D eigenvalue weighted by atomic mass is 10.3. The Kier molecular flexibility index (Phi) is 5.31. The van der Waals surface area contributed by atoms with Crippen molar-refractivity contribution in [2.45, 2.75) is 25.8 Å². The second kappa shape index (κ2) is 7.48. The summed E-state index contributed by atoms with van der Waals surface area (Å²) in [5, 5.41) is 11.7. The minimum absolute atomic E-state index is 0.649. The van der Waals surface area contributed by atoms with Crippen LogP contribution in [0.1, 0.15) is 18.7 Å². The molecule has 1 heterocycles. The van der Waals surface area contributed by atoms with Gasteiger partial charge in [0.1, 0.15) is 5.75 Å². The largest absolute Gasteiger partial charge is 0.494 e. The predicted octanol–water partition coefficient (Wildman–Crippen LogP) is 1.03. The number of tetrazole rings is 1. The standard InChI is InChI=1S/C13H19N5O/c14-9-5-10-18-13(15-16-17-18)8-4-11-19-12-6-2-1-3-7-12/h1-3,6-7H,4-5,8-11,14H2. The number of ether oxygens (including phenoxy) is 1. The molecule has 0 saturated heterocycles. The van der Waals surface area contributed by atoms with E-state index in [9.17, 15) is 0 Å². The molecule has 0 atom stereocenters. The Balaban J connectivity index is 1.72. The number of nitrogens with two attached hydrogens (primary N) is 1. The fraction of sp³-hybridized carbons (Fsp3) is 0.462. The van der Waals surface area contributed by atoms with E-state index in [1.54, 1.807) is 0 Å². The van der Waals surface area contributed by atoms with E-state index in [-0.39, 0.29) is 0 Å². The van der Waals surface area contributed by atoms with Crippen LogP contribution in [0.25, 0.3) is 0 Å². The SMILES string of the molecule is NCCCn1nnnc1CCCOc1ccccc1. The second-order valence-corrected chi connectivity index (χ2v) is 4.23. The molecule has 6 nitrogen and oxygen atoms in total. The van der Waals surface area contributed by atoms with Gasteiger partial charge in [-0.05, 0) is 41.9 Å². The van der Waals surface area contributed by atoms with E-state index in [4.69, 9.17) is 10.5 Å². The number of hydrogen-bond acceptors (Lipinski definition) is 5. The topological polar surface area (TPSA) is 78.9 Å². The van der Waals surface area contributed by atoms with Crippen molar-refractivity contribution in [3.63, 3.8) is 0 Å². The summed E-state index contributed by atoms with van der Waals surface area (Å²) in [5.41, 5.74) is 5.48. The number of benzene rings is 1. The Labute approximate surface area is 112 Å². The molecule has 0 fully saturated rings. The third kappa shape index (κ3) is 4.33. The Morgan fingerprint density at radius 3 is 2.79 bits per heavy atom. The maximum Gasteiger partial charge on any atom is 0.151 e. The summed E-state index contributed by atoms with van der Waals surface area (Å²) in [7, 11) is 0. The van der Waals surface area contributed by atoms with Crippen LogP contribution < -0.4 is 10.5 Å². The zero-order valence-electron chi connectivity index (χ0n) is 10.9. The van der Waals surface area contributed by atoms with E-state index in [2.05, 4.69) is 15.5 Å². The van der Waals surface area contributed by atoms with Gasteiger partial charge in [-0.15, -0.1) is 5.10 Å². The molecule has 6 heteroatoms. The lowest BCUT2D eigenvalue weighted by Crippen LogP contribution is -2.11. The molecule has 0 saturated carbocycles. The van der Waals surface area contributed by atoms with Gasteiger partial charge in [-0.1, -0.05) is 18.2 Å². The molecule has 2 aromatic rings. The second-order valence-electron chi connectivity index (χ2n) is 4.23. The Bertz CT molecular complexity index is 471. The minimum Gasteiger partial charge on any atom is -0.494 e. The maximum atomic E-state index is 5.63. The fourth-order valence-electron chi connectivity index (χ4n) is 1.75. The normalized spacial score (nSPS) is 10.6. The average Bonchev–Trinajstić information content (AvgIpc) is 2.90. The molecule has 0 aliphatic heterocycles. The van der Waals surface area contributed by atoms with E-state index < -0.39 is 0 Å². The van der Waals surface area contributed by atoms with Gasteiger partial charge in [0.25, 0.3) is 0 Å². The van der Waals surface area contributed by atoms with E-state index in [0.29, 0.717) is 13.2 Å². The molecule has 0 spiro atoms. The summed E-state index contributed by atoms with van der Waals surface area (Å²) in [6.45, 7) is 2.09. The van der Waals surface area contributed by atoms with Crippen LogP contribution in [0.4, 0.5) is 0 Å². The monoisotopic (exact) mass is 261 g/mol. The molecular formula is C13H19N5O. The summed E-state index contributed by atoms with van der Waals surface area (Å²) in [4.78, 5) is 0. The summed E-state index contributed by atoms with van der Waals surface area (Å²) in [5.74, 6) is 1.79.